The average molecular weight is 278 g/mol. The van der Waals surface area contributed by atoms with E-state index in [1.54, 1.807) is 19.2 Å². The highest BCUT2D eigenvalue weighted by molar-refractivity contribution is 5.77. The lowest BCUT2D eigenvalue weighted by atomic mass is 9.78. The van der Waals surface area contributed by atoms with Crippen LogP contribution in [0.4, 0.5) is 8.78 Å². The average Bonchev–Trinajstić information content (AvgIpc) is 2.42. The van der Waals surface area contributed by atoms with Crippen LogP contribution in [0.2, 0.25) is 0 Å². The number of hydrogen-bond donors (Lipinski definition) is 1. The fourth-order valence-electron chi connectivity index (χ4n) is 2.94. The summed E-state index contributed by atoms with van der Waals surface area (Å²) in [6, 6.07) is 3.27. The zero-order valence-electron chi connectivity index (χ0n) is 11.2. The third kappa shape index (κ3) is 2.21. The van der Waals surface area contributed by atoms with E-state index < -0.39 is 11.8 Å². The van der Waals surface area contributed by atoms with Crippen LogP contribution in [0.25, 0.3) is 10.9 Å². The van der Waals surface area contributed by atoms with Crippen molar-refractivity contribution in [3.05, 3.63) is 40.4 Å². The second-order valence-electron chi connectivity index (χ2n) is 5.64. The van der Waals surface area contributed by atoms with E-state index in [1.807, 2.05) is 0 Å². The molecule has 2 aromatic rings. The summed E-state index contributed by atoms with van der Waals surface area (Å²) in [5.74, 6) is -3.25. The molecule has 1 N–H and O–H groups in total. The maximum Gasteiger partial charge on any atom is 0.250 e. The highest BCUT2D eigenvalue weighted by atomic mass is 19.3. The summed E-state index contributed by atoms with van der Waals surface area (Å²) in [4.78, 5) is 19.2. The van der Waals surface area contributed by atoms with Gasteiger partial charge in [0.05, 0.1) is 10.9 Å². The molecule has 0 spiro atoms. The first kappa shape index (κ1) is 13.2. The number of aromatic nitrogens is 2. The van der Waals surface area contributed by atoms with E-state index in [1.165, 1.54) is 12.3 Å². The van der Waals surface area contributed by atoms with E-state index >= 15 is 0 Å². The predicted octanol–water partition coefficient (Wildman–Crippen LogP) is 3.46. The van der Waals surface area contributed by atoms with Crippen LogP contribution in [0.1, 0.15) is 37.8 Å². The van der Waals surface area contributed by atoms with Gasteiger partial charge < -0.3 is 4.98 Å². The van der Waals surface area contributed by atoms with Gasteiger partial charge in [-0.15, -0.1) is 0 Å². The van der Waals surface area contributed by atoms with Gasteiger partial charge in [0.25, 0.3) is 5.92 Å². The molecule has 0 amide bonds. The first-order valence-corrected chi connectivity index (χ1v) is 6.82. The highest BCUT2D eigenvalue weighted by Gasteiger charge is 2.42. The monoisotopic (exact) mass is 278 g/mol. The molecular formula is C15H16F2N2O. The van der Waals surface area contributed by atoms with Crippen LogP contribution in [-0.2, 0) is 0 Å². The topological polar surface area (TPSA) is 45.8 Å². The van der Waals surface area contributed by atoms with Crippen molar-refractivity contribution in [3.63, 3.8) is 0 Å². The van der Waals surface area contributed by atoms with E-state index in [0.717, 1.165) is 5.69 Å². The molecule has 2 aromatic heterocycles. The highest BCUT2D eigenvalue weighted by Crippen LogP contribution is 2.44. The summed E-state index contributed by atoms with van der Waals surface area (Å²) >= 11 is 0. The standard InChI is InChI=1S/C15H16F2N2O/c1-9-6-10(2-4-15(9,16)17)13-7-14(20)11-8-18-5-3-12(11)19-13/h3,5,7-10H,2,4,6H2,1H3,(H,19,20). The number of alkyl halides is 2. The van der Waals surface area contributed by atoms with Crippen LogP contribution in [0.15, 0.2) is 29.3 Å². The summed E-state index contributed by atoms with van der Waals surface area (Å²) in [6.45, 7) is 1.58. The van der Waals surface area contributed by atoms with Crippen LogP contribution < -0.4 is 5.43 Å². The lowest BCUT2D eigenvalue weighted by Crippen LogP contribution is -2.33. The minimum atomic E-state index is -2.59. The number of rotatable bonds is 1. The van der Waals surface area contributed by atoms with Crippen molar-refractivity contribution in [2.24, 2.45) is 5.92 Å². The predicted molar refractivity (Wildman–Crippen MR) is 73.1 cm³/mol. The Morgan fingerprint density at radius 1 is 1.45 bits per heavy atom. The minimum absolute atomic E-state index is 0.00473. The largest absolute Gasteiger partial charge is 0.358 e. The number of nitrogens with one attached hydrogen (secondary N) is 1. The van der Waals surface area contributed by atoms with Crippen LogP contribution in [0.5, 0.6) is 0 Å². The van der Waals surface area contributed by atoms with Crippen molar-refractivity contribution in [3.8, 4) is 0 Å². The molecule has 2 unspecified atom stereocenters. The lowest BCUT2D eigenvalue weighted by molar-refractivity contribution is -0.0832. The molecule has 1 fully saturated rings. The quantitative estimate of drug-likeness (QED) is 0.868. The molecule has 0 aliphatic heterocycles. The van der Waals surface area contributed by atoms with Crippen molar-refractivity contribution in [2.75, 3.05) is 0 Å². The molecule has 5 heteroatoms. The SMILES string of the molecule is CC1CC(c2cc(=O)c3cnccc3[nH]2)CCC1(F)F. The molecule has 2 heterocycles. The first-order valence-electron chi connectivity index (χ1n) is 6.82. The normalized spacial score (nSPS) is 25.8. The summed E-state index contributed by atoms with van der Waals surface area (Å²) < 4.78 is 27.1. The smallest absolute Gasteiger partial charge is 0.250 e. The Hall–Kier alpha value is -1.78. The van der Waals surface area contributed by atoms with Gasteiger partial charge in [-0.05, 0) is 24.8 Å². The van der Waals surface area contributed by atoms with E-state index in [0.29, 0.717) is 23.7 Å². The minimum Gasteiger partial charge on any atom is -0.358 e. The van der Waals surface area contributed by atoms with E-state index in [2.05, 4.69) is 9.97 Å². The van der Waals surface area contributed by atoms with Gasteiger partial charge in [-0.25, -0.2) is 8.78 Å². The third-order valence-corrected chi connectivity index (χ3v) is 4.28. The van der Waals surface area contributed by atoms with Crippen LogP contribution in [0, 0.1) is 5.92 Å². The summed E-state index contributed by atoms with van der Waals surface area (Å²) in [6.07, 6.45) is 3.83. The fraction of sp³-hybridized carbons (Fsp3) is 0.467. The van der Waals surface area contributed by atoms with Crippen molar-refractivity contribution in [1.29, 1.82) is 0 Å². The van der Waals surface area contributed by atoms with Gasteiger partial charge in [0.15, 0.2) is 5.43 Å². The van der Waals surface area contributed by atoms with Gasteiger partial charge >= 0.3 is 0 Å². The Balaban J connectivity index is 1.97. The number of nitrogens with zero attached hydrogens (tertiary/aromatic N) is 1. The van der Waals surface area contributed by atoms with Crippen molar-refractivity contribution in [1.82, 2.24) is 9.97 Å². The van der Waals surface area contributed by atoms with Crippen LogP contribution in [0.3, 0.4) is 0 Å². The number of H-pyrrole nitrogens is 1. The lowest BCUT2D eigenvalue weighted by Gasteiger charge is -2.33. The van der Waals surface area contributed by atoms with E-state index in [4.69, 9.17) is 0 Å². The van der Waals surface area contributed by atoms with E-state index in [9.17, 15) is 13.6 Å². The Morgan fingerprint density at radius 3 is 3.00 bits per heavy atom. The van der Waals surface area contributed by atoms with E-state index in [-0.39, 0.29) is 17.8 Å². The molecule has 0 aromatic carbocycles. The van der Waals surface area contributed by atoms with Crippen LogP contribution >= 0.6 is 0 Å². The first-order chi connectivity index (χ1) is 9.47. The number of pyridine rings is 2. The van der Waals surface area contributed by atoms with Gasteiger partial charge in [0.2, 0.25) is 0 Å². The van der Waals surface area contributed by atoms with Crippen molar-refractivity contribution >= 4 is 10.9 Å². The molecule has 0 saturated heterocycles. The molecular weight excluding hydrogens is 262 g/mol. The molecule has 1 saturated carbocycles. The molecule has 0 bridgehead atoms. The number of hydrogen-bond acceptors (Lipinski definition) is 2. The Bertz CT molecular complexity index is 696. The van der Waals surface area contributed by atoms with Gasteiger partial charge in [0, 0.05) is 36.5 Å². The van der Waals surface area contributed by atoms with Gasteiger partial charge in [-0.2, -0.15) is 0 Å². The molecule has 1 aliphatic rings. The third-order valence-electron chi connectivity index (χ3n) is 4.28. The van der Waals surface area contributed by atoms with Gasteiger partial charge in [-0.3, -0.25) is 9.78 Å². The molecule has 20 heavy (non-hydrogen) atoms. The zero-order valence-corrected chi connectivity index (χ0v) is 11.2. The fourth-order valence-corrected chi connectivity index (χ4v) is 2.94. The van der Waals surface area contributed by atoms with Crippen LogP contribution in [-0.4, -0.2) is 15.9 Å². The summed E-state index contributed by atoms with van der Waals surface area (Å²) in [7, 11) is 0. The maximum absolute atomic E-state index is 13.5. The Labute approximate surface area is 115 Å². The molecule has 0 radical (unpaired) electrons. The second-order valence-corrected chi connectivity index (χ2v) is 5.64. The number of halogens is 2. The molecule has 3 nitrogen and oxygen atoms in total. The molecule has 3 rings (SSSR count). The van der Waals surface area contributed by atoms with Gasteiger partial charge in [-0.1, -0.05) is 6.92 Å². The number of fused-ring (bicyclic) bond motifs is 1. The molecule has 1 aliphatic carbocycles. The maximum atomic E-state index is 13.5. The second kappa shape index (κ2) is 4.65. The Kier molecular flexibility index (Phi) is 3.07. The molecule has 2 atom stereocenters. The molecule has 106 valence electrons. The Morgan fingerprint density at radius 2 is 2.25 bits per heavy atom. The summed E-state index contributed by atoms with van der Waals surface area (Å²) in [5.41, 5.74) is 1.37. The number of aromatic amines is 1. The van der Waals surface area contributed by atoms with Crippen molar-refractivity contribution in [2.45, 2.75) is 38.0 Å². The van der Waals surface area contributed by atoms with Crippen molar-refractivity contribution < 1.29 is 8.78 Å². The summed E-state index contributed by atoms with van der Waals surface area (Å²) in [5, 5.41) is 0.533. The van der Waals surface area contributed by atoms with Gasteiger partial charge in [0.1, 0.15) is 0 Å². The zero-order chi connectivity index (χ0) is 14.3.